The molecule has 0 rings (SSSR count). The number of carbonyl (C=O) groups excluding carboxylic acids is 1. The molecule has 2 heteroatoms. The smallest absolute Gasteiger partial charge is 0.133 e. The molecule has 2 nitrogen and oxygen atoms in total. The number of Topliss-reactive ketones (excluding diaryl/α,β-unsaturated/α-hetero) is 1. The van der Waals surface area contributed by atoms with Crippen LogP contribution >= 0.6 is 0 Å². The molecule has 1 unspecified atom stereocenters. The molecule has 0 aliphatic carbocycles. The fourth-order valence-corrected chi connectivity index (χ4v) is 1.40. The van der Waals surface area contributed by atoms with Crippen molar-refractivity contribution in [3.63, 3.8) is 0 Å². The summed E-state index contributed by atoms with van der Waals surface area (Å²) in [5, 5.41) is 0. The standard InChI is InChI=1S/C15H27NO/c1-6-15(17)10-12-16(5)11-9-14(4)8-7-13(2)3/h13-14H,6,9-12H2,1-5H3. The van der Waals surface area contributed by atoms with Gasteiger partial charge < -0.3 is 4.90 Å². The van der Waals surface area contributed by atoms with Crippen LogP contribution in [-0.4, -0.2) is 30.8 Å². The Kier molecular flexibility index (Phi) is 8.80. The van der Waals surface area contributed by atoms with Crippen molar-refractivity contribution in [1.82, 2.24) is 4.90 Å². The second-order valence-corrected chi connectivity index (χ2v) is 5.08. The van der Waals surface area contributed by atoms with Gasteiger partial charge in [-0.15, -0.1) is 5.92 Å². The van der Waals surface area contributed by atoms with Crippen LogP contribution in [0.4, 0.5) is 0 Å². The summed E-state index contributed by atoms with van der Waals surface area (Å²) in [4.78, 5) is 13.4. The Morgan fingerprint density at radius 2 is 1.82 bits per heavy atom. The molecule has 0 aromatic rings. The summed E-state index contributed by atoms with van der Waals surface area (Å²) in [5.41, 5.74) is 0. The highest BCUT2D eigenvalue weighted by molar-refractivity contribution is 5.78. The number of ketones is 1. The maximum Gasteiger partial charge on any atom is 0.133 e. The Balaban J connectivity index is 3.73. The van der Waals surface area contributed by atoms with Crippen LogP contribution in [0, 0.1) is 23.7 Å². The zero-order valence-corrected chi connectivity index (χ0v) is 12.0. The van der Waals surface area contributed by atoms with Gasteiger partial charge in [-0.05, 0) is 20.0 Å². The van der Waals surface area contributed by atoms with E-state index in [-0.39, 0.29) is 0 Å². The predicted molar refractivity (Wildman–Crippen MR) is 73.8 cm³/mol. The Labute approximate surface area is 107 Å². The Bertz CT molecular complexity index is 272. The van der Waals surface area contributed by atoms with E-state index in [1.807, 2.05) is 6.92 Å². The average Bonchev–Trinajstić information content (AvgIpc) is 2.30. The zero-order chi connectivity index (χ0) is 13.3. The Morgan fingerprint density at radius 1 is 1.18 bits per heavy atom. The van der Waals surface area contributed by atoms with Crippen LogP contribution in [0.1, 0.15) is 47.0 Å². The minimum atomic E-state index is 0.351. The van der Waals surface area contributed by atoms with Gasteiger partial charge in [0.15, 0.2) is 0 Å². The van der Waals surface area contributed by atoms with Gasteiger partial charge in [-0.1, -0.05) is 33.6 Å². The normalized spacial score (nSPS) is 12.4. The lowest BCUT2D eigenvalue weighted by Crippen LogP contribution is -2.24. The second-order valence-electron chi connectivity index (χ2n) is 5.08. The zero-order valence-electron chi connectivity index (χ0n) is 12.0. The summed E-state index contributed by atoms with van der Waals surface area (Å²) < 4.78 is 0. The summed E-state index contributed by atoms with van der Waals surface area (Å²) in [5.74, 6) is 7.73. The lowest BCUT2D eigenvalue weighted by atomic mass is 10.1. The molecule has 0 spiro atoms. The molecule has 0 saturated heterocycles. The van der Waals surface area contributed by atoms with Gasteiger partial charge in [0.25, 0.3) is 0 Å². The van der Waals surface area contributed by atoms with Crippen LogP contribution in [-0.2, 0) is 4.79 Å². The van der Waals surface area contributed by atoms with E-state index in [0.29, 0.717) is 30.5 Å². The summed E-state index contributed by atoms with van der Waals surface area (Å²) in [7, 11) is 2.07. The van der Waals surface area contributed by atoms with Crippen molar-refractivity contribution in [1.29, 1.82) is 0 Å². The minimum Gasteiger partial charge on any atom is -0.306 e. The van der Waals surface area contributed by atoms with Crippen LogP contribution in [0.5, 0.6) is 0 Å². The van der Waals surface area contributed by atoms with Crippen LogP contribution in [0.3, 0.4) is 0 Å². The van der Waals surface area contributed by atoms with Gasteiger partial charge in [0.2, 0.25) is 0 Å². The highest BCUT2D eigenvalue weighted by atomic mass is 16.1. The topological polar surface area (TPSA) is 20.3 Å². The fourth-order valence-electron chi connectivity index (χ4n) is 1.40. The van der Waals surface area contributed by atoms with Gasteiger partial charge in [0, 0.05) is 31.2 Å². The van der Waals surface area contributed by atoms with E-state index in [4.69, 9.17) is 0 Å². The molecule has 0 aromatic carbocycles. The number of nitrogens with zero attached hydrogens (tertiary/aromatic N) is 1. The van der Waals surface area contributed by atoms with E-state index >= 15 is 0 Å². The molecule has 0 aliphatic heterocycles. The summed E-state index contributed by atoms with van der Waals surface area (Å²) in [6.45, 7) is 10.2. The number of carbonyl (C=O) groups is 1. The first-order valence-corrected chi connectivity index (χ1v) is 6.67. The fraction of sp³-hybridized carbons (Fsp3) is 0.800. The lowest BCUT2D eigenvalue weighted by Gasteiger charge is -2.16. The first kappa shape index (κ1) is 16.2. The number of hydrogen-bond donors (Lipinski definition) is 0. The van der Waals surface area contributed by atoms with Crippen LogP contribution < -0.4 is 0 Å². The predicted octanol–water partition coefficient (Wildman–Crippen LogP) is 2.97. The first-order chi connectivity index (χ1) is 7.95. The Morgan fingerprint density at radius 3 is 2.35 bits per heavy atom. The van der Waals surface area contributed by atoms with Gasteiger partial charge in [0.1, 0.15) is 5.78 Å². The van der Waals surface area contributed by atoms with E-state index in [0.717, 1.165) is 19.5 Å². The minimum absolute atomic E-state index is 0.351. The second kappa shape index (κ2) is 9.24. The molecular weight excluding hydrogens is 210 g/mol. The Hall–Kier alpha value is -0.810. The molecule has 98 valence electrons. The molecule has 0 amide bonds. The van der Waals surface area contributed by atoms with Gasteiger partial charge >= 0.3 is 0 Å². The monoisotopic (exact) mass is 237 g/mol. The average molecular weight is 237 g/mol. The van der Waals surface area contributed by atoms with Gasteiger partial charge in [-0.25, -0.2) is 0 Å². The van der Waals surface area contributed by atoms with Crippen LogP contribution in [0.25, 0.3) is 0 Å². The molecule has 0 fully saturated rings. The molecule has 0 aliphatic rings. The molecular formula is C15H27NO. The molecule has 17 heavy (non-hydrogen) atoms. The third-order valence-corrected chi connectivity index (χ3v) is 2.73. The summed E-state index contributed by atoms with van der Waals surface area (Å²) in [6.07, 6.45) is 2.42. The number of rotatable bonds is 7. The molecule has 1 atom stereocenters. The van der Waals surface area contributed by atoms with E-state index in [1.165, 1.54) is 0 Å². The van der Waals surface area contributed by atoms with E-state index in [9.17, 15) is 4.79 Å². The molecule has 0 N–H and O–H groups in total. The van der Waals surface area contributed by atoms with Crippen molar-refractivity contribution >= 4 is 5.78 Å². The lowest BCUT2D eigenvalue weighted by molar-refractivity contribution is -0.119. The number of hydrogen-bond acceptors (Lipinski definition) is 2. The third-order valence-electron chi connectivity index (χ3n) is 2.73. The molecule has 0 aromatic heterocycles. The highest BCUT2D eigenvalue weighted by Gasteiger charge is 2.04. The molecule has 0 bridgehead atoms. The van der Waals surface area contributed by atoms with Crippen molar-refractivity contribution in [2.45, 2.75) is 47.0 Å². The molecule has 0 saturated carbocycles. The highest BCUT2D eigenvalue weighted by Crippen LogP contribution is 2.03. The molecule has 0 heterocycles. The van der Waals surface area contributed by atoms with E-state index in [2.05, 4.69) is 44.6 Å². The van der Waals surface area contributed by atoms with Crippen molar-refractivity contribution in [3.05, 3.63) is 0 Å². The summed E-state index contributed by atoms with van der Waals surface area (Å²) >= 11 is 0. The van der Waals surface area contributed by atoms with Crippen LogP contribution in [0.15, 0.2) is 0 Å². The quantitative estimate of drug-likeness (QED) is 0.634. The summed E-state index contributed by atoms with van der Waals surface area (Å²) in [6, 6.07) is 0. The van der Waals surface area contributed by atoms with E-state index < -0.39 is 0 Å². The van der Waals surface area contributed by atoms with Gasteiger partial charge in [-0.2, -0.15) is 0 Å². The van der Waals surface area contributed by atoms with Crippen LogP contribution in [0.2, 0.25) is 0 Å². The largest absolute Gasteiger partial charge is 0.306 e. The van der Waals surface area contributed by atoms with Crippen molar-refractivity contribution in [2.24, 2.45) is 11.8 Å². The first-order valence-electron chi connectivity index (χ1n) is 6.67. The SMILES string of the molecule is CCC(=O)CCN(C)CCC(C)C#CC(C)C. The third kappa shape index (κ3) is 10.1. The maximum atomic E-state index is 11.2. The van der Waals surface area contributed by atoms with Gasteiger partial charge in [0.05, 0.1) is 0 Å². The maximum absolute atomic E-state index is 11.2. The van der Waals surface area contributed by atoms with Gasteiger partial charge in [-0.3, -0.25) is 4.79 Å². The molecule has 0 radical (unpaired) electrons. The van der Waals surface area contributed by atoms with Crippen molar-refractivity contribution in [2.75, 3.05) is 20.1 Å². The van der Waals surface area contributed by atoms with Crippen molar-refractivity contribution in [3.8, 4) is 11.8 Å². The van der Waals surface area contributed by atoms with E-state index in [1.54, 1.807) is 0 Å². The van der Waals surface area contributed by atoms with Crippen molar-refractivity contribution < 1.29 is 4.79 Å².